The van der Waals surface area contributed by atoms with E-state index >= 15 is 0 Å². The first-order chi connectivity index (χ1) is 33.2. The number of hydrogen-bond donors (Lipinski definition) is 0. The van der Waals surface area contributed by atoms with E-state index in [-0.39, 0.29) is 0 Å². The van der Waals surface area contributed by atoms with Crippen LogP contribution in [0, 0.1) is 0 Å². The van der Waals surface area contributed by atoms with E-state index in [9.17, 15) is 0 Å². The van der Waals surface area contributed by atoms with E-state index < -0.39 is 0 Å². The molecule has 0 N–H and O–H groups in total. The van der Waals surface area contributed by atoms with Crippen LogP contribution in [0.5, 0.6) is 0 Å². The summed E-state index contributed by atoms with van der Waals surface area (Å²) in [4.78, 5) is 15.7. The van der Waals surface area contributed by atoms with Crippen molar-refractivity contribution in [2.45, 2.75) is 0 Å². The van der Waals surface area contributed by atoms with Gasteiger partial charge in [-0.1, -0.05) is 164 Å². The summed E-state index contributed by atoms with van der Waals surface area (Å²) in [6.45, 7) is 0. The van der Waals surface area contributed by atoms with E-state index in [1.807, 2.05) is 42.5 Å². The Morgan fingerprint density at radius 2 is 0.881 bits per heavy atom. The van der Waals surface area contributed by atoms with Crippen LogP contribution in [-0.2, 0) is 0 Å². The zero-order valence-corrected chi connectivity index (χ0v) is 35.9. The van der Waals surface area contributed by atoms with Crippen LogP contribution < -0.4 is 0 Å². The van der Waals surface area contributed by atoms with E-state index in [2.05, 4.69) is 180 Å². The van der Waals surface area contributed by atoms with Crippen molar-refractivity contribution in [1.29, 1.82) is 0 Å². The number of benzene rings is 10. The van der Waals surface area contributed by atoms with Crippen molar-refractivity contribution >= 4 is 76.5 Å². The molecular formula is C61H36N4O2. The average Bonchev–Trinajstić information content (AvgIpc) is 4.06. The highest BCUT2D eigenvalue weighted by Crippen LogP contribution is 2.44. The molecule has 0 aliphatic carbocycles. The summed E-state index contributed by atoms with van der Waals surface area (Å²) in [5.74, 6) is 1.66. The van der Waals surface area contributed by atoms with Gasteiger partial charge in [0.05, 0.1) is 16.7 Å². The monoisotopic (exact) mass is 856 g/mol. The lowest BCUT2D eigenvalue weighted by molar-refractivity contribution is 0.668. The second kappa shape index (κ2) is 14.7. The van der Waals surface area contributed by atoms with Gasteiger partial charge in [0.15, 0.2) is 17.5 Å². The van der Waals surface area contributed by atoms with E-state index in [0.29, 0.717) is 17.5 Å². The van der Waals surface area contributed by atoms with Crippen LogP contribution in [0.2, 0.25) is 0 Å². The summed E-state index contributed by atoms with van der Waals surface area (Å²) in [7, 11) is 0. The fourth-order valence-corrected chi connectivity index (χ4v) is 10.1. The minimum atomic E-state index is 0.546. The predicted octanol–water partition coefficient (Wildman–Crippen LogP) is 16.3. The predicted molar refractivity (Wildman–Crippen MR) is 273 cm³/mol. The molecule has 4 aromatic heterocycles. The highest BCUT2D eigenvalue weighted by molar-refractivity contribution is 6.17. The standard InChI is InChI=1S/C61H36N4O2/c1-3-14-37(15-4-1)38-26-28-40(29-27-38)59-62-60(43-30-31-46-45-21-10-12-24-54(45)66-56(46)34-43)64-61(63-59)47-22-13-25-55-58(47)50-35-48(39-16-5-2-6-17-39)53(36-57(50)67-55)65-51-23-11-9-20-44(51)49-32-41-18-7-8-19-42(41)33-52(49)65/h1-36H. The van der Waals surface area contributed by atoms with Gasteiger partial charge in [0.2, 0.25) is 0 Å². The molecule has 0 saturated heterocycles. The molecule has 0 amide bonds. The number of para-hydroxylation sites is 2. The van der Waals surface area contributed by atoms with Gasteiger partial charge < -0.3 is 13.4 Å². The van der Waals surface area contributed by atoms with Gasteiger partial charge in [0.25, 0.3) is 0 Å². The SMILES string of the molecule is c1ccc(-c2ccc(-c3nc(-c4ccc5c(c4)oc4ccccc45)nc(-c4cccc5oc6cc(-n7c8ccccc8c8cc9ccccc9cc87)c(-c7ccccc7)cc6c45)n3)cc2)cc1. The van der Waals surface area contributed by atoms with Gasteiger partial charge >= 0.3 is 0 Å². The van der Waals surface area contributed by atoms with Crippen LogP contribution in [0.25, 0.3) is 139 Å². The molecule has 14 aromatic rings. The van der Waals surface area contributed by atoms with Crippen molar-refractivity contribution in [3.8, 4) is 62.1 Å². The van der Waals surface area contributed by atoms with Crippen molar-refractivity contribution in [3.05, 3.63) is 218 Å². The molecule has 6 nitrogen and oxygen atoms in total. The van der Waals surface area contributed by atoms with Crippen LogP contribution in [0.15, 0.2) is 227 Å². The molecule has 0 atom stereocenters. The largest absolute Gasteiger partial charge is 0.456 e. The second-order valence-corrected chi connectivity index (χ2v) is 17.1. The zero-order valence-electron chi connectivity index (χ0n) is 35.9. The van der Waals surface area contributed by atoms with E-state index in [0.717, 1.165) is 99.5 Å². The van der Waals surface area contributed by atoms with Gasteiger partial charge in [-0.3, -0.25) is 0 Å². The van der Waals surface area contributed by atoms with Gasteiger partial charge in [-0.05, 0) is 76.0 Å². The van der Waals surface area contributed by atoms with Crippen LogP contribution in [0.4, 0.5) is 0 Å². The average molecular weight is 857 g/mol. The summed E-state index contributed by atoms with van der Waals surface area (Å²) in [6, 6.07) is 76.3. The third kappa shape index (κ3) is 6.00. The van der Waals surface area contributed by atoms with Gasteiger partial charge in [0.1, 0.15) is 22.3 Å². The minimum Gasteiger partial charge on any atom is -0.456 e. The lowest BCUT2D eigenvalue weighted by Crippen LogP contribution is -2.00. The molecule has 0 unspecified atom stereocenters. The van der Waals surface area contributed by atoms with Crippen LogP contribution in [0.3, 0.4) is 0 Å². The van der Waals surface area contributed by atoms with Crippen molar-refractivity contribution < 1.29 is 8.83 Å². The van der Waals surface area contributed by atoms with Crippen LogP contribution in [-0.4, -0.2) is 19.5 Å². The fraction of sp³-hybridized carbons (Fsp3) is 0. The third-order valence-electron chi connectivity index (χ3n) is 13.2. The Morgan fingerprint density at radius 1 is 0.299 bits per heavy atom. The first-order valence-electron chi connectivity index (χ1n) is 22.5. The number of aromatic nitrogens is 4. The molecule has 4 heterocycles. The second-order valence-electron chi connectivity index (χ2n) is 17.1. The van der Waals surface area contributed by atoms with Crippen molar-refractivity contribution in [2.75, 3.05) is 0 Å². The number of nitrogens with zero attached hydrogens (tertiary/aromatic N) is 4. The van der Waals surface area contributed by atoms with Crippen molar-refractivity contribution in [1.82, 2.24) is 19.5 Å². The summed E-state index contributed by atoms with van der Waals surface area (Å²) in [6.07, 6.45) is 0. The maximum Gasteiger partial charge on any atom is 0.164 e. The van der Waals surface area contributed by atoms with E-state index in [1.54, 1.807) is 0 Å². The Bertz CT molecular complexity index is 4260. The minimum absolute atomic E-state index is 0.546. The van der Waals surface area contributed by atoms with Crippen LogP contribution >= 0.6 is 0 Å². The topological polar surface area (TPSA) is 69.9 Å². The fourth-order valence-electron chi connectivity index (χ4n) is 10.1. The first kappa shape index (κ1) is 37.3. The lowest BCUT2D eigenvalue weighted by Gasteiger charge is -2.15. The quantitative estimate of drug-likeness (QED) is 0.167. The normalized spacial score (nSPS) is 11.9. The molecule has 0 aliphatic rings. The van der Waals surface area contributed by atoms with Crippen LogP contribution in [0.1, 0.15) is 0 Å². The van der Waals surface area contributed by atoms with Gasteiger partial charge in [0, 0.05) is 60.6 Å². The summed E-state index contributed by atoms with van der Waals surface area (Å²) in [5.41, 5.74) is 13.4. The molecule has 312 valence electrons. The number of hydrogen-bond acceptors (Lipinski definition) is 5. The highest BCUT2D eigenvalue weighted by Gasteiger charge is 2.23. The molecule has 10 aromatic carbocycles. The van der Waals surface area contributed by atoms with Gasteiger partial charge in [-0.25, -0.2) is 15.0 Å². The number of rotatable bonds is 6. The Hall–Kier alpha value is -9.13. The van der Waals surface area contributed by atoms with E-state index in [4.69, 9.17) is 23.8 Å². The Kier molecular flexibility index (Phi) is 8.18. The summed E-state index contributed by atoms with van der Waals surface area (Å²) < 4.78 is 15.7. The lowest BCUT2D eigenvalue weighted by atomic mass is 9.98. The van der Waals surface area contributed by atoms with Crippen molar-refractivity contribution in [3.63, 3.8) is 0 Å². The molecule has 0 fully saturated rings. The van der Waals surface area contributed by atoms with Gasteiger partial charge in [-0.2, -0.15) is 0 Å². The summed E-state index contributed by atoms with van der Waals surface area (Å²) in [5, 5.41) is 8.83. The zero-order chi connectivity index (χ0) is 44.0. The maximum atomic E-state index is 6.90. The van der Waals surface area contributed by atoms with Gasteiger partial charge in [-0.15, -0.1) is 0 Å². The molecule has 67 heavy (non-hydrogen) atoms. The molecule has 0 aliphatic heterocycles. The highest BCUT2D eigenvalue weighted by atomic mass is 16.3. The Labute approximate surface area is 383 Å². The Morgan fingerprint density at radius 3 is 1.70 bits per heavy atom. The maximum absolute atomic E-state index is 6.90. The Balaban J connectivity index is 1.00. The summed E-state index contributed by atoms with van der Waals surface area (Å²) >= 11 is 0. The number of furan rings is 2. The molecule has 0 spiro atoms. The van der Waals surface area contributed by atoms with Crippen molar-refractivity contribution in [2.24, 2.45) is 0 Å². The molecule has 0 bridgehead atoms. The molecule has 14 rings (SSSR count). The smallest absolute Gasteiger partial charge is 0.164 e. The molecule has 6 heteroatoms. The molecular weight excluding hydrogens is 821 g/mol. The first-order valence-corrected chi connectivity index (χ1v) is 22.5. The van der Waals surface area contributed by atoms with E-state index in [1.165, 1.54) is 21.5 Å². The third-order valence-corrected chi connectivity index (χ3v) is 13.2. The number of fused-ring (bicyclic) bond motifs is 10. The molecule has 0 saturated carbocycles. The molecule has 0 radical (unpaired) electrons.